The molecule has 9 heteroatoms. The zero-order valence-electron chi connectivity index (χ0n) is 15.4. The standard InChI is InChI=1S/C19H21ClN2O4S2/c1-14-5-4-7-16(20)19(14)21-17-8-3-2-6-15(17)13-18(23)25-9-11-27-28-12-10-26-22-24/h2-8,21H,9-13H2,1H3. The zero-order chi connectivity index (χ0) is 20.2. The van der Waals surface area contributed by atoms with E-state index >= 15 is 0 Å². The van der Waals surface area contributed by atoms with Gasteiger partial charge in [0, 0.05) is 17.2 Å². The molecule has 0 aromatic heterocycles. The number of aryl methyl sites for hydroxylation is 1. The second-order valence-electron chi connectivity index (χ2n) is 5.66. The molecule has 0 amide bonds. The summed E-state index contributed by atoms with van der Waals surface area (Å²) in [5.41, 5.74) is 3.51. The topological polar surface area (TPSA) is 77.0 Å². The van der Waals surface area contributed by atoms with Crippen molar-refractivity contribution >= 4 is 50.5 Å². The lowest BCUT2D eigenvalue weighted by atomic mass is 10.1. The molecule has 0 aliphatic heterocycles. The van der Waals surface area contributed by atoms with Crippen LogP contribution in [-0.2, 0) is 20.8 Å². The average molecular weight is 441 g/mol. The summed E-state index contributed by atoms with van der Waals surface area (Å²) in [6, 6.07) is 13.3. The highest BCUT2D eigenvalue weighted by Crippen LogP contribution is 2.30. The molecule has 0 aliphatic carbocycles. The summed E-state index contributed by atoms with van der Waals surface area (Å²) in [6.45, 7) is 2.57. The number of halogens is 1. The number of benzene rings is 2. The lowest BCUT2D eigenvalue weighted by Gasteiger charge is -2.15. The van der Waals surface area contributed by atoms with Gasteiger partial charge in [0.1, 0.15) is 13.2 Å². The molecule has 0 heterocycles. The van der Waals surface area contributed by atoms with Crippen LogP contribution in [0.5, 0.6) is 0 Å². The Balaban J connectivity index is 1.82. The number of ether oxygens (including phenoxy) is 1. The number of carbonyl (C=O) groups excluding carboxylic acids is 1. The van der Waals surface area contributed by atoms with E-state index in [1.54, 1.807) is 10.8 Å². The average Bonchev–Trinajstić information content (AvgIpc) is 2.68. The quantitative estimate of drug-likeness (QED) is 0.152. The van der Waals surface area contributed by atoms with E-state index in [0.717, 1.165) is 22.5 Å². The van der Waals surface area contributed by atoms with Crippen LogP contribution < -0.4 is 5.32 Å². The summed E-state index contributed by atoms with van der Waals surface area (Å²) in [6.07, 6.45) is 0.170. The molecule has 6 nitrogen and oxygen atoms in total. The minimum absolute atomic E-state index is 0.170. The van der Waals surface area contributed by atoms with Crippen LogP contribution in [0.2, 0.25) is 5.02 Å². The van der Waals surface area contributed by atoms with E-state index in [1.807, 2.05) is 49.4 Å². The molecule has 0 bridgehead atoms. The summed E-state index contributed by atoms with van der Waals surface area (Å²) in [5.74, 6) is 1.01. The highest BCUT2D eigenvalue weighted by molar-refractivity contribution is 8.76. The maximum Gasteiger partial charge on any atom is 0.310 e. The second kappa shape index (κ2) is 12.5. The van der Waals surface area contributed by atoms with Gasteiger partial charge in [-0.25, -0.2) is 0 Å². The van der Waals surface area contributed by atoms with Crippen molar-refractivity contribution in [2.45, 2.75) is 13.3 Å². The molecule has 0 saturated heterocycles. The summed E-state index contributed by atoms with van der Waals surface area (Å²) >= 11 is 6.29. The van der Waals surface area contributed by atoms with Gasteiger partial charge in [0.15, 0.2) is 5.34 Å². The minimum Gasteiger partial charge on any atom is -0.465 e. The van der Waals surface area contributed by atoms with Gasteiger partial charge in [-0.1, -0.05) is 63.5 Å². The zero-order valence-corrected chi connectivity index (χ0v) is 17.7. The van der Waals surface area contributed by atoms with Gasteiger partial charge in [-0.3, -0.25) is 4.79 Å². The van der Waals surface area contributed by atoms with Gasteiger partial charge < -0.3 is 14.9 Å². The predicted octanol–water partition coefficient (Wildman–Crippen LogP) is 5.56. The van der Waals surface area contributed by atoms with Crippen molar-refractivity contribution < 1.29 is 14.4 Å². The predicted molar refractivity (Wildman–Crippen MR) is 117 cm³/mol. The van der Waals surface area contributed by atoms with Crippen LogP contribution in [0, 0.1) is 11.8 Å². The van der Waals surface area contributed by atoms with Crippen LogP contribution in [0.3, 0.4) is 0 Å². The molecule has 2 aromatic carbocycles. The van der Waals surface area contributed by atoms with Crippen LogP contribution in [0.15, 0.2) is 47.8 Å². The van der Waals surface area contributed by atoms with E-state index in [2.05, 4.69) is 15.5 Å². The van der Waals surface area contributed by atoms with Crippen LogP contribution in [0.1, 0.15) is 11.1 Å². The molecule has 2 rings (SSSR count). The van der Waals surface area contributed by atoms with Crippen molar-refractivity contribution in [3.63, 3.8) is 0 Å². The SMILES string of the molecule is Cc1cccc(Cl)c1Nc1ccccc1CC(=O)OCCSSCCON=O. The summed E-state index contributed by atoms with van der Waals surface area (Å²) < 4.78 is 5.30. The Kier molecular flexibility index (Phi) is 10.0. The Morgan fingerprint density at radius 2 is 1.86 bits per heavy atom. The maximum absolute atomic E-state index is 12.2. The fourth-order valence-corrected chi connectivity index (χ4v) is 4.26. The van der Waals surface area contributed by atoms with Crippen LogP contribution in [0.25, 0.3) is 0 Å². The summed E-state index contributed by atoms with van der Waals surface area (Å²) in [4.78, 5) is 26.3. The van der Waals surface area contributed by atoms with Gasteiger partial charge >= 0.3 is 5.97 Å². The largest absolute Gasteiger partial charge is 0.465 e. The molecule has 0 aliphatic rings. The van der Waals surface area contributed by atoms with Gasteiger partial charge in [0.05, 0.1) is 17.1 Å². The van der Waals surface area contributed by atoms with Crippen molar-refractivity contribution in [2.24, 2.45) is 5.34 Å². The number of para-hydroxylation sites is 2. The maximum atomic E-state index is 12.2. The number of rotatable bonds is 12. The molecular weight excluding hydrogens is 420 g/mol. The molecule has 1 N–H and O–H groups in total. The minimum atomic E-state index is -0.288. The van der Waals surface area contributed by atoms with Crippen molar-refractivity contribution in [2.75, 3.05) is 30.0 Å². The first-order valence-electron chi connectivity index (χ1n) is 8.56. The molecule has 0 fully saturated rings. The normalized spacial score (nSPS) is 10.4. The second-order valence-corrected chi connectivity index (χ2v) is 8.77. The third kappa shape index (κ3) is 7.61. The van der Waals surface area contributed by atoms with Crippen molar-refractivity contribution in [3.8, 4) is 0 Å². The van der Waals surface area contributed by atoms with E-state index in [-0.39, 0.29) is 19.0 Å². The molecule has 2 aromatic rings. The van der Waals surface area contributed by atoms with Gasteiger partial charge in [-0.2, -0.15) is 0 Å². The van der Waals surface area contributed by atoms with E-state index in [4.69, 9.17) is 16.3 Å². The molecular formula is C19H21ClN2O4S2. The van der Waals surface area contributed by atoms with Crippen LogP contribution >= 0.6 is 33.2 Å². The summed E-state index contributed by atoms with van der Waals surface area (Å²) in [7, 11) is 3.08. The number of esters is 1. The van der Waals surface area contributed by atoms with Gasteiger partial charge in [0.2, 0.25) is 0 Å². The van der Waals surface area contributed by atoms with E-state index in [1.165, 1.54) is 10.8 Å². The molecule has 28 heavy (non-hydrogen) atoms. The Morgan fingerprint density at radius 1 is 1.11 bits per heavy atom. The lowest BCUT2D eigenvalue weighted by molar-refractivity contribution is -0.142. The molecule has 0 saturated carbocycles. The molecule has 0 unspecified atom stereocenters. The highest BCUT2D eigenvalue weighted by Gasteiger charge is 2.11. The van der Waals surface area contributed by atoms with Crippen molar-refractivity contribution in [3.05, 3.63) is 63.5 Å². The monoisotopic (exact) mass is 440 g/mol. The van der Waals surface area contributed by atoms with E-state index in [0.29, 0.717) is 23.1 Å². The number of nitrogens with one attached hydrogen (secondary N) is 1. The fraction of sp³-hybridized carbons (Fsp3) is 0.316. The molecule has 150 valence electrons. The third-order valence-electron chi connectivity index (χ3n) is 3.66. The molecule has 0 radical (unpaired) electrons. The molecule has 0 spiro atoms. The van der Waals surface area contributed by atoms with Gasteiger partial charge in [0.25, 0.3) is 0 Å². The third-order valence-corrected chi connectivity index (χ3v) is 6.31. The number of carbonyl (C=O) groups is 1. The Labute approximate surface area is 177 Å². The van der Waals surface area contributed by atoms with Crippen molar-refractivity contribution in [1.82, 2.24) is 0 Å². The Morgan fingerprint density at radius 3 is 2.61 bits per heavy atom. The van der Waals surface area contributed by atoms with Gasteiger partial charge in [-0.15, -0.1) is 4.91 Å². The summed E-state index contributed by atoms with van der Waals surface area (Å²) in [5, 5.41) is 6.27. The Bertz CT molecular complexity index is 772. The first kappa shape index (κ1) is 22.4. The lowest BCUT2D eigenvalue weighted by Crippen LogP contribution is -2.11. The fourth-order valence-electron chi connectivity index (χ4n) is 2.34. The number of anilines is 2. The smallest absolute Gasteiger partial charge is 0.310 e. The van der Waals surface area contributed by atoms with E-state index < -0.39 is 0 Å². The number of nitrogens with zero attached hydrogens (tertiary/aromatic N) is 1. The number of hydrogen-bond acceptors (Lipinski definition) is 8. The highest BCUT2D eigenvalue weighted by atomic mass is 35.5. The van der Waals surface area contributed by atoms with Crippen molar-refractivity contribution in [1.29, 1.82) is 0 Å². The van der Waals surface area contributed by atoms with Crippen LogP contribution in [-0.4, -0.2) is 30.7 Å². The first-order valence-corrected chi connectivity index (χ1v) is 11.4. The van der Waals surface area contributed by atoms with E-state index in [9.17, 15) is 9.70 Å². The van der Waals surface area contributed by atoms with Gasteiger partial charge in [-0.05, 0) is 30.2 Å². The first-order chi connectivity index (χ1) is 13.6. The number of hydrogen-bond donors (Lipinski definition) is 1. The molecule has 0 atom stereocenters. The van der Waals surface area contributed by atoms with Crippen LogP contribution in [0.4, 0.5) is 11.4 Å². The Hall–Kier alpha value is -1.90.